The number of aromatic nitrogens is 1. The fraction of sp³-hybridized carbons (Fsp3) is 0.280. The number of esters is 1. The standard InChI is InChI=1S/C25H25NO2/c1-2-28-24(27)12-6-8-19-7-5-11-22-20-9-3-4-10-21(20)23(25(19)22)17-18-13-15-26-16-14-18/h3-5,7,9-11,13-16,23H,2,6,8,12,17H2,1H3. The Morgan fingerprint density at radius 2 is 1.79 bits per heavy atom. The molecule has 1 aliphatic rings. The summed E-state index contributed by atoms with van der Waals surface area (Å²) in [6.07, 6.45) is 6.86. The second-order valence-electron chi connectivity index (χ2n) is 7.24. The largest absolute Gasteiger partial charge is 0.466 e. The first-order valence-corrected chi connectivity index (χ1v) is 10.0. The van der Waals surface area contributed by atoms with Crippen molar-refractivity contribution >= 4 is 5.97 Å². The predicted octanol–water partition coefficient (Wildman–Crippen LogP) is 5.32. The van der Waals surface area contributed by atoms with Gasteiger partial charge >= 0.3 is 5.97 Å². The van der Waals surface area contributed by atoms with E-state index in [1.807, 2.05) is 19.3 Å². The van der Waals surface area contributed by atoms with Gasteiger partial charge in [-0.3, -0.25) is 9.78 Å². The van der Waals surface area contributed by atoms with Gasteiger partial charge < -0.3 is 4.74 Å². The lowest BCUT2D eigenvalue weighted by Crippen LogP contribution is -2.07. The maximum atomic E-state index is 11.7. The molecule has 0 spiro atoms. The molecule has 0 N–H and O–H groups in total. The van der Waals surface area contributed by atoms with Crippen molar-refractivity contribution in [1.29, 1.82) is 0 Å². The number of carbonyl (C=O) groups excluding carboxylic acids is 1. The molecule has 0 radical (unpaired) electrons. The smallest absolute Gasteiger partial charge is 0.305 e. The first-order valence-electron chi connectivity index (χ1n) is 10.0. The molecule has 3 nitrogen and oxygen atoms in total. The number of benzene rings is 2. The second kappa shape index (κ2) is 8.39. The van der Waals surface area contributed by atoms with Gasteiger partial charge in [-0.15, -0.1) is 0 Å². The lowest BCUT2D eigenvalue weighted by molar-refractivity contribution is -0.143. The number of fused-ring (bicyclic) bond motifs is 3. The number of ether oxygens (including phenoxy) is 1. The Morgan fingerprint density at radius 1 is 1.00 bits per heavy atom. The van der Waals surface area contributed by atoms with Gasteiger partial charge in [-0.2, -0.15) is 0 Å². The SMILES string of the molecule is CCOC(=O)CCCc1cccc2c1C(Cc1ccncc1)c1ccccc1-2. The third kappa shape index (κ3) is 3.70. The third-order valence-corrected chi connectivity index (χ3v) is 5.49. The molecule has 3 aromatic rings. The molecular formula is C25H25NO2. The summed E-state index contributed by atoms with van der Waals surface area (Å²) < 4.78 is 5.08. The highest BCUT2D eigenvalue weighted by atomic mass is 16.5. The molecule has 142 valence electrons. The molecule has 3 heteroatoms. The zero-order valence-electron chi connectivity index (χ0n) is 16.2. The summed E-state index contributed by atoms with van der Waals surface area (Å²) in [5.74, 6) is 0.235. The van der Waals surface area contributed by atoms with Crippen molar-refractivity contribution in [3.63, 3.8) is 0 Å². The second-order valence-corrected chi connectivity index (χ2v) is 7.24. The van der Waals surface area contributed by atoms with E-state index in [1.54, 1.807) is 0 Å². The molecule has 1 heterocycles. The van der Waals surface area contributed by atoms with E-state index in [1.165, 1.54) is 33.4 Å². The molecule has 4 rings (SSSR count). The maximum absolute atomic E-state index is 11.7. The van der Waals surface area contributed by atoms with Crippen LogP contribution in [0.3, 0.4) is 0 Å². The van der Waals surface area contributed by atoms with Gasteiger partial charge in [-0.25, -0.2) is 0 Å². The average Bonchev–Trinajstić information content (AvgIpc) is 3.04. The summed E-state index contributed by atoms with van der Waals surface area (Å²) in [6.45, 7) is 2.30. The van der Waals surface area contributed by atoms with Crippen molar-refractivity contribution in [2.45, 2.75) is 38.5 Å². The molecule has 0 saturated heterocycles. The molecule has 0 bridgehead atoms. The van der Waals surface area contributed by atoms with Crippen molar-refractivity contribution in [3.8, 4) is 11.1 Å². The van der Waals surface area contributed by atoms with Gasteiger partial charge in [0.05, 0.1) is 6.61 Å². The van der Waals surface area contributed by atoms with Crippen LogP contribution in [0.25, 0.3) is 11.1 Å². The van der Waals surface area contributed by atoms with Crippen molar-refractivity contribution in [2.75, 3.05) is 6.61 Å². The Labute approximate surface area is 166 Å². The number of hydrogen-bond donors (Lipinski definition) is 0. The Kier molecular flexibility index (Phi) is 5.52. The van der Waals surface area contributed by atoms with Crippen LogP contribution < -0.4 is 0 Å². The van der Waals surface area contributed by atoms with E-state index >= 15 is 0 Å². The van der Waals surface area contributed by atoms with Gasteiger partial charge in [0, 0.05) is 24.7 Å². The minimum atomic E-state index is -0.105. The summed E-state index contributed by atoms with van der Waals surface area (Å²) in [7, 11) is 0. The number of aryl methyl sites for hydroxylation is 1. The zero-order valence-corrected chi connectivity index (χ0v) is 16.2. The van der Waals surface area contributed by atoms with E-state index in [0.29, 0.717) is 18.9 Å². The Hall–Kier alpha value is -2.94. The molecule has 1 aliphatic carbocycles. The number of nitrogens with zero attached hydrogens (tertiary/aromatic N) is 1. The van der Waals surface area contributed by atoms with Gasteiger partial charge in [-0.05, 0) is 71.7 Å². The van der Waals surface area contributed by atoms with Crippen molar-refractivity contribution in [2.24, 2.45) is 0 Å². The molecule has 0 amide bonds. The quantitative estimate of drug-likeness (QED) is 0.528. The van der Waals surface area contributed by atoms with Crippen molar-refractivity contribution < 1.29 is 9.53 Å². The van der Waals surface area contributed by atoms with Crippen LogP contribution in [0.2, 0.25) is 0 Å². The minimum Gasteiger partial charge on any atom is -0.466 e. The fourth-order valence-corrected chi connectivity index (χ4v) is 4.30. The van der Waals surface area contributed by atoms with E-state index < -0.39 is 0 Å². The van der Waals surface area contributed by atoms with E-state index in [9.17, 15) is 4.79 Å². The van der Waals surface area contributed by atoms with E-state index in [-0.39, 0.29) is 5.97 Å². The van der Waals surface area contributed by atoms with Crippen LogP contribution in [0.4, 0.5) is 0 Å². The highest BCUT2D eigenvalue weighted by Crippen LogP contribution is 2.47. The molecule has 0 aliphatic heterocycles. The monoisotopic (exact) mass is 371 g/mol. The normalized spacial score (nSPS) is 14.4. The zero-order chi connectivity index (χ0) is 19.3. The number of rotatable bonds is 7. The molecule has 1 atom stereocenters. The Morgan fingerprint density at radius 3 is 2.61 bits per heavy atom. The fourth-order valence-electron chi connectivity index (χ4n) is 4.30. The minimum absolute atomic E-state index is 0.105. The number of pyridine rings is 1. The van der Waals surface area contributed by atoms with Crippen molar-refractivity contribution in [3.05, 3.63) is 89.2 Å². The summed E-state index contributed by atoms with van der Waals surface area (Å²) >= 11 is 0. The van der Waals surface area contributed by atoms with Crippen LogP contribution in [0.15, 0.2) is 67.0 Å². The summed E-state index contributed by atoms with van der Waals surface area (Å²) in [6, 6.07) is 19.5. The van der Waals surface area contributed by atoms with Crippen LogP contribution in [-0.2, 0) is 22.4 Å². The summed E-state index contributed by atoms with van der Waals surface area (Å²) in [5.41, 5.74) is 8.13. The van der Waals surface area contributed by atoms with E-state index in [0.717, 1.165) is 19.3 Å². The average molecular weight is 371 g/mol. The van der Waals surface area contributed by atoms with Gasteiger partial charge in [0.1, 0.15) is 0 Å². The predicted molar refractivity (Wildman–Crippen MR) is 111 cm³/mol. The van der Waals surface area contributed by atoms with Crippen LogP contribution in [0.5, 0.6) is 0 Å². The molecule has 1 unspecified atom stereocenters. The van der Waals surface area contributed by atoms with E-state index in [4.69, 9.17) is 4.74 Å². The molecule has 0 fully saturated rings. The van der Waals surface area contributed by atoms with Crippen LogP contribution >= 0.6 is 0 Å². The maximum Gasteiger partial charge on any atom is 0.305 e. The van der Waals surface area contributed by atoms with Gasteiger partial charge in [0.2, 0.25) is 0 Å². The van der Waals surface area contributed by atoms with Gasteiger partial charge in [0.25, 0.3) is 0 Å². The van der Waals surface area contributed by atoms with E-state index in [2.05, 4.69) is 59.6 Å². The number of hydrogen-bond acceptors (Lipinski definition) is 3. The first-order chi connectivity index (χ1) is 13.8. The van der Waals surface area contributed by atoms with Crippen molar-refractivity contribution in [1.82, 2.24) is 4.98 Å². The lowest BCUT2D eigenvalue weighted by atomic mass is 9.86. The Bertz CT molecular complexity index is 965. The molecule has 28 heavy (non-hydrogen) atoms. The van der Waals surface area contributed by atoms with Crippen LogP contribution in [0.1, 0.15) is 47.9 Å². The van der Waals surface area contributed by atoms with Gasteiger partial charge in [0.15, 0.2) is 0 Å². The molecular weight excluding hydrogens is 346 g/mol. The molecule has 2 aromatic carbocycles. The highest BCUT2D eigenvalue weighted by molar-refractivity contribution is 5.80. The molecule has 1 aromatic heterocycles. The highest BCUT2D eigenvalue weighted by Gasteiger charge is 2.30. The van der Waals surface area contributed by atoms with Crippen LogP contribution in [-0.4, -0.2) is 17.6 Å². The Balaban J connectivity index is 1.65. The lowest BCUT2D eigenvalue weighted by Gasteiger charge is -2.17. The summed E-state index contributed by atoms with van der Waals surface area (Å²) in [5, 5.41) is 0. The topological polar surface area (TPSA) is 39.2 Å². The first kappa shape index (κ1) is 18.4. The van der Waals surface area contributed by atoms with Gasteiger partial charge in [-0.1, -0.05) is 42.5 Å². The van der Waals surface area contributed by atoms with Crippen LogP contribution in [0, 0.1) is 0 Å². The number of carbonyl (C=O) groups is 1. The molecule has 0 saturated carbocycles. The third-order valence-electron chi connectivity index (χ3n) is 5.49. The summed E-state index contributed by atoms with van der Waals surface area (Å²) in [4.78, 5) is 15.9.